The highest BCUT2D eigenvalue weighted by Crippen LogP contribution is 2.39. The summed E-state index contributed by atoms with van der Waals surface area (Å²) in [5, 5.41) is 0. The Labute approximate surface area is 269 Å². The molecule has 0 saturated carbocycles. The Hall–Kier alpha value is -4.80. The molecule has 5 rings (SSSR count). The van der Waals surface area contributed by atoms with Crippen LogP contribution in [0.25, 0.3) is 33.4 Å². The van der Waals surface area contributed by atoms with Gasteiger partial charge in [0.1, 0.15) is 40.4 Å². The van der Waals surface area contributed by atoms with Crippen LogP contribution in [0, 0.1) is 29.1 Å². The molecule has 0 unspecified atom stereocenters. The van der Waals surface area contributed by atoms with Gasteiger partial charge in [-0.25, -0.2) is 22.0 Å². The molecule has 0 amide bonds. The number of hydrogen-bond acceptors (Lipinski definition) is 1. The quantitative estimate of drug-likeness (QED) is 0.106. The van der Waals surface area contributed by atoms with Crippen LogP contribution in [0.1, 0.15) is 42.9 Å². The smallest absolute Gasteiger partial charge is 0.429 e. The van der Waals surface area contributed by atoms with Gasteiger partial charge in [0.05, 0.1) is 5.56 Å². The molecule has 48 heavy (non-hydrogen) atoms. The van der Waals surface area contributed by atoms with Gasteiger partial charge < -0.3 is 4.74 Å². The van der Waals surface area contributed by atoms with Crippen LogP contribution >= 0.6 is 0 Å². The molecule has 1 nitrogen and oxygen atoms in total. The lowest BCUT2D eigenvalue weighted by molar-refractivity contribution is -0.187. The van der Waals surface area contributed by atoms with Crippen LogP contribution in [-0.4, -0.2) is 0 Å². The van der Waals surface area contributed by atoms with E-state index in [-0.39, 0.29) is 23.3 Å². The molecule has 0 radical (unpaired) electrons. The largest absolute Gasteiger partial charge is 0.429 e. The molecule has 0 heterocycles. The van der Waals surface area contributed by atoms with Gasteiger partial charge in [-0.15, -0.1) is 0 Å². The van der Waals surface area contributed by atoms with E-state index < -0.39 is 69.4 Å². The van der Waals surface area contributed by atoms with Crippen LogP contribution in [0.15, 0.2) is 91.0 Å². The molecule has 0 aliphatic carbocycles. The second-order valence-corrected chi connectivity index (χ2v) is 11.1. The van der Waals surface area contributed by atoms with Crippen molar-refractivity contribution in [3.05, 3.63) is 137 Å². The van der Waals surface area contributed by atoms with Crippen LogP contribution in [0.4, 0.5) is 43.9 Å². The Balaban J connectivity index is 1.33. The van der Waals surface area contributed by atoms with Gasteiger partial charge >= 0.3 is 12.3 Å². The standard InChI is InChI=1S/C37H26F10O/c1-2-3-4-5-21-6-8-22(9-7-21)23-10-13-27(30(38)16-23)24-11-15-29(32(40)17-24)37(46,47)48-26-12-14-28(31(39)20-26)25-18-33(41)35(34(42)19-25)36(43,44)45/h6-20H,2-5H2,1H3. The number of unbranched alkanes of at least 4 members (excludes halogenated alkanes) is 2. The Morgan fingerprint density at radius 2 is 1.06 bits per heavy atom. The lowest BCUT2D eigenvalue weighted by Crippen LogP contribution is -2.23. The maximum absolute atomic E-state index is 15.1. The monoisotopic (exact) mass is 676 g/mol. The van der Waals surface area contributed by atoms with E-state index in [4.69, 9.17) is 0 Å². The zero-order valence-corrected chi connectivity index (χ0v) is 25.2. The fourth-order valence-electron chi connectivity index (χ4n) is 5.29. The highest BCUT2D eigenvalue weighted by Gasteiger charge is 2.39. The fraction of sp³-hybridized carbons (Fsp3) is 0.189. The van der Waals surface area contributed by atoms with E-state index in [1.165, 1.54) is 12.1 Å². The van der Waals surface area contributed by atoms with Crippen molar-refractivity contribution >= 4 is 0 Å². The summed E-state index contributed by atoms with van der Waals surface area (Å²) in [6.45, 7) is 2.12. The van der Waals surface area contributed by atoms with Crippen molar-refractivity contribution in [3.63, 3.8) is 0 Å². The third-order valence-electron chi connectivity index (χ3n) is 7.74. The van der Waals surface area contributed by atoms with Gasteiger partial charge in [0.15, 0.2) is 0 Å². The number of hydrogen-bond donors (Lipinski definition) is 0. The summed E-state index contributed by atoms with van der Waals surface area (Å²) < 4.78 is 146. The molecular formula is C37H26F10O. The second-order valence-electron chi connectivity index (χ2n) is 11.1. The van der Waals surface area contributed by atoms with Crippen molar-refractivity contribution in [3.8, 4) is 39.1 Å². The van der Waals surface area contributed by atoms with Crippen molar-refractivity contribution in [2.24, 2.45) is 0 Å². The van der Waals surface area contributed by atoms with Gasteiger partial charge in [-0.05, 0) is 83.1 Å². The van der Waals surface area contributed by atoms with E-state index in [0.29, 0.717) is 23.8 Å². The number of rotatable bonds is 10. The molecule has 0 fully saturated rings. The summed E-state index contributed by atoms with van der Waals surface area (Å²) in [6, 6.07) is 16.9. The van der Waals surface area contributed by atoms with Crippen molar-refractivity contribution in [1.82, 2.24) is 0 Å². The van der Waals surface area contributed by atoms with Crippen molar-refractivity contribution < 1.29 is 48.6 Å². The fourth-order valence-corrected chi connectivity index (χ4v) is 5.29. The first-order valence-electron chi connectivity index (χ1n) is 14.8. The van der Waals surface area contributed by atoms with Crippen LogP contribution in [0.5, 0.6) is 5.75 Å². The van der Waals surface area contributed by atoms with Gasteiger partial charge in [-0.3, -0.25) is 0 Å². The maximum Gasteiger partial charge on any atom is 0.429 e. The van der Waals surface area contributed by atoms with Crippen molar-refractivity contribution in [2.75, 3.05) is 0 Å². The molecule has 5 aromatic carbocycles. The van der Waals surface area contributed by atoms with E-state index in [0.717, 1.165) is 55.0 Å². The van der Waals surface area contributed by atoms with E-state index in [1.807, 2.05) is 24.3 Å². The minimum atomic E-state index is -5.35. The zero-order chi connectivity index (χ0) is 34.8. The average Bonchev–Trinajstić information content (AvgIpc) is 3.00. The Bertz CT molecular complexity index is 1910. The molecule has 0 atom stereocenters. The number of aryl methyl sites for hydroxylation is 1. The molecule has 0 aromatic heterocycles. The summed E-state index contributed by atoms with van der Waals surface area (Å²) in [5.74, 6) is -8.35. The maximum atomic E-state index is 15.1. The predicted octanol–water partition coefficient (Wildman–Crippen LogP) is 12.3. The molecule has 0 spiro atoms. The third kappa shape index (κ3) is 7.50. The van der Waals surface area contributed by atoms with E-state index in [1.54, 1.807) is 6.07 Å². The molecule has 0 saturated heterocycles. The van der Waals surface area contributed by atoms with Gasteiger partial charge in [0.25, 0.3) is 0 Å². The minimum Gasteiger partial charge on any atom is -0.429 e. The van der Waals surface area contributed by atoms with Gasteiger partial charge in [-0.2, -0.15) is 22.0 Å². The second kappa shape index (κ2) is 13.7. The molecular weight excluding hydrogens is 650 g/mol. The van der Waals surface area contributed by atoms with Gasteiger partial charge in [0, 0.05) is 17.2 Å². The molecule has 0 aliphatic heterocycles. The normalized spacial score (nSPS) is 12.0. The van der Waals surface area contributed by atoms with Crippen LogP contribution < -0.4 is 4.74 Å². The number of ether oxygens (including phenoxy) is 1. The predicted molar refractivity (Wildman–Crippen MR) is 162 cm³/mol. The Morgan fingerprint density at radius 3 is 1.65 bits per heavy atom. The lowest BCUT2D eigenvalue weighted by atomic mass is 9.97. The molecule has 250 valence electrons. The lowest BCUT2D eigenvalue weighted by Gasteiger charge is -2.20. The number of halogens is 10. The van der Waals surface area contributed by atoms with Crippen molar-refractivity contribution in [2.45, 2.75) is 44.9 Å². The SMILES string of the molecule is CCCCCc1ccc(-c2ccc(-c3ccc(C(F)(F)Oc4ccc(-c5cc(F)c(C(F)(F)F)c(F)c5)c(F)c4)c(F)c3)c(F)c2)cc1. The summed E-state index contributed by atoms with van der Waals surface area (Å²) in [6.07, 6.45) is -5.47. The summed E-state index contributed by atoms with van der Waals surface area (Å²) in [7, 11) is 0. The minimum absolute atomic E-state index is 0.0335. The molecule has 0 bridgehead atoms. The van der Waals surface area contributed by atoms with E-state index >= 15 is 17.6 Å². The molecule has 5 aromatic rings. The first kappa shape index (κ1) is 34.5. The van der Waals surface area contributed by atoms with Crippen LogP contribution in [0.3, 0.4) is 0 Å². The molecule has 11 heteroatoms. The highest BCUT2D eigenvalue weighted by molar-refractivity contribution is 5.71. The van der Waals surface area contributed by atoms with E-state index in [9.17, 15) is 26.3 Å². The summed E-state index contributed by atoms with van der Waals surface area (Å²) in [5.41, 5.74) is -2.24. The number of benzene rings is 5. The first-order valence-corrected chi connectivity index (χ1v) is 14.8. The summed E-state index contributed by atoms with van der Waals surface area (Å²) >= 11 is 0. The Kier molecular flexibility index (Phi) is 9.89. The van der Waals surface area contributed by atoms with Gasteiger partial charge in [0.2, 0.25) is 0 Å². The van der Waals surface area contributed by atoms with Gasteiger partial charge in [-0.1, -0.05) is 62.2 Å². The van der Waals surface area contributed by atoms with Crippen LogP contribution in [0.2, 0.25) is 0 Å². The summed E-state index contributed by atoms with van der Waals surface area (Å²) in [4.78, 5) is 0. The van der Waals surface area contributed by atoms with Crippen molar-refractivity contribution in [1.29, 1.82) is 0 Å². The molecule has 0 N–H and O–H groups in total. The zero-order valence-electron chi connectivity index (χ0n) is 25.2. The van der Waals surface area contributed by atoms with E-state index in [2.05, 4.69) is 11.7 Å². The topological polar surface area (TPSA) is 9.23 Å². The van der Waals surface area contributed by atoms with Crippen LogP contribution in [-0.2, 0) is 18.7 Å². The number of alkyl halides is 5. The third-order valence-corrected chi connectivity index (χ3v) is 7.74. The molecule has 0 aliphatic rings. The highest BCUT2D eigenvalue weighted by atomic mass is 19.4. The first-order chi connectivity index (χ1) is 22.7. The Morgan fingerprint density at radius 1 is 0.521 bits per heavy atom. The average molecular weight is 677 g/mol.